The van der Waals surface area contributed by atoms with Gasteiger partial charge in [0.1, 0.15) is 5.75 Å². The third-order valence-corrected chi connectivity index (χ3v) is 3.75. The van der Waals surface area contributed by atoms with E-state index < -0.39 is 0 Å². The number of carbonyl (C=O) groups is 1. The monoisotopic (exact) mass is 311 g/mol. The van der Waals surface area contributed by atoms with Gasteiger partial charge in [-0.05, 0) is 46.5 Å². The molecule has 3 rings (SSSR count). The number of rotatable bonds is 4. The predicted molar refractivity (Wildman–Crippen MR) is 90.0 cm³/mol. The van der Waals surface area contributed by atoms with E-state index in [1.54, 1.807) is 43.6 Å². The van der Waals surface area contributed by atoms with Crippen LogP contribution >= 0.6 is 0 Å². The Morgan fingerprint density at radius 2 is 2.09 bits per heavy atom. The Morgan fingerprint density at radius 1 is 1.26 bits per heavy atom. The second-order valence-electron chi connectivity index (χ2n) is 5.15. The molecule has 2 aromatic carbocycles. The van der Waals surface area contributed by atoms with Crippen molar-refractivity contribution in [3.63, 3.8) is 0 Å². The van der Waals surface area contributed by atoms with Gasteiger partial charge < -0.3 is 20.8 Å². The van der Waals surface area contributed by atoms with E-state index in [2.05, 4.69) is 10.3 Å². The molecule has 1 amide bonds. The molecule has 4 N–H and O–H groups in total. The fraction of sp³-hybridized carbons (Fsp3) is 0.176. The molecule has 0 saturated heterocycles. The number of amides is 1. The number of aromatic nitrogens is 1. The second-order valence-corrected chi connectivity index (χ2v) is 5.15. The molecule has 118 valence electrons. The minimum absolute atomic E-state index is 0.199. The number of nitrogens with one attached hydrogen (secondary N) is 2. The van der Waals surface area contributed by atoms with Crippen LogP contribution < -0.4 is 21.3 Å². The van der Waals surface area contributed by atoms with Crippen LogP contribution in [0.5, 0.6) is 5.75 Å². The summed E-state index contributed by atoms with van der Waals surface area (Å²) in [6, 6.07) is 8.83. The van der Waals surface area contributed by atoms with Crippen molar-refractivity contribution < 1.29 is 9.53 Å². The maximum absolute atomic E-state index is 12.4. The molecule has 0 saturated carbocycles. The highest BCUT2D eigenvalue weighted by atomic mass is 16.5. The molecule has 0 aliphatic carbocycles. The fourth-order valence-electron chi connectivity index (χ4n) is 2.69. The van der Waals surface area contributed by atoms with Crippen LogP contribution in [0, 0.1) is 0 Å². The topological polar surface area (TPSA) is 97.2 Å². The van der Waals surface area contributed by atoms with Gasteiger partial charge >= 0.3 is 0 Å². The van der Waals surface area contributed by atoms with Crippen LogP contribution in [0.3, 0.4) is 0 Å². The van der Waals surface area contributed by atoms with Crippen LogP contribution in [0.25, 0.3) is 21.5 Å². The zero-order chi connectivity index (χ0) is 16.4. The van der Waals surface area contributed by atoms with Crippen molar-refractivity contribution in [3.05, 3.63) is 52.4 Å². The molecule has 0 bridgehead atoms. The number of pyridine rings is 1. The molecular formula is C17H17N3O3. The van der Waals surface area contributed by atoms with Gasteiger partial charge in [0.15, 0.2) is 0 Å². The van der Waals surface area contributed by atoms with Gasteiger partial charge in [-0.3, -0.25) is 9.59 Å². The van der Waals surface area contributed by atoms with Gasteiger partial charge in [0, 0.05) is 24.8 Å². The first-order chi connectivity index (χ1) is 11.2. The lowest BCUT2D eigenvalue weighted by atomic mass is 9.97. The van der Waals surface area contributed by atoms with Gasteiger partial charge in [0.05, 0.1) is 12.5 Å². The van der Waals surface area contributed by atoms with Crippen molar-refractivity contribution >= 4 is 27.5 Å². The Labute approximate surface area is 132 Å². The SMILES string of the molecule is COc1ccc2c(C(=O)NCCN)cc3cc[nH]c(=O)c3c2c1. The van der Waals surface area contributed by atoms with E-state index in [4.69, 9.17) is 10.5 Å². The molecule has 3 aromatic rings. The van der Waals surface area contributed by atoms with Crippen molar-refractivity contribution in [2.75, 3.05) is 20.2 Å². The molecule has 0 fully saturated rings. The molecule has 1 aromatic heterocycles. The molecule has 23 heavy (non-hydrogen) atoms. The van der Waals surface area contributed by atoms with Gasteiger partial charge in [-0.2, -0.15) is 0 Å². The summed E-state index contributed by atoms with van der Waals surface area (Å²) in [5, 5.41) is 5.39. The summed E-state index contributed by atoms with van der Waals surface area (Å²) in [5.41, 5.74) is 5.75. The van der Waals surface area contributed by atoms with E-state index in [9.17, 15) is 9.59 Å². The number of H-pyrrole nitrogens is 1. The molecule has 6 heteroatoms. The molecule has 0 aliphatic rings. The highest BCUT2D eigenvalue weighted by Crippen LogP contribution is 2.29. The number of methoxy groups -OCH3 is 1. The van der Waals surface area contributed by atoms with Crippen LogP contribution in [0.2, 0.25) is 0 Å². The summed E-state index contributed by atoms with van der Waals surface area (Å²) in [7, 11) is 1.56. The van der Waals surface area contributed by atoms with Crippen molar-refractivity contribution in [2.24, 2.45) is 5.73 Å². The first kappa shape index (κ1) is 15.1. The summed E-state index contributed by atoms with van der Waals surface area (Å²) >= 11 is 0. The summed E-state index contributed by atoms with van der Waals surface area (Å²) in [6.07, 6.45) is 1.57. The first-order valence-corrected chi connectivity index (χ1v) is 7.26. The minimum Gasteiger partial charge on any atom is -0.497 e. The maximum atomic E-state index is 12.4. The van der Waals surface area contributed by atoms with Crippen molar-refractivity contribution in [2.45, 2.75) is 0 Å². The van der Waals surface area contributed by atoms with Crippen molar-refractivity contribution in [1.29, 1.82) is 0 Å². The number of fused-ring (bicyclic) bond motifs is 3. The number of aromatic amines is 1. The third-order valence-electron chi connectivity index (χ3n) is 3.75. The van der Waals surface area contributed by atoms with Crippen LogP contribution in [0.15, 0.2) is 41.3 Å². The minimum atomic E-state index is -0.215. The van der Waals surface area contributed by atoms with E-state index in [0.29, 0.717) is 45.9 Å². The summed E-state index contributed by atoms with van der Waals surface area (Å²) in [6.45, 7) is 0.759. The lowest BCUT2D eigenvalue weighted by Gasteiger charge is -2.11. The van der Waals surface area contributed by atoms with Gasteiger partial charge in [0.2, 0.25) is 0 Å². The van der Waals surface area contributed by atoms with Crippen LogP contribution in [0.4, 0.5) is 0 Å². The number of hydrogen-bond acceptors (Lipinski definition) is 4. The zero-order valence-electron chi connectivity index (χ0n) is 12.7. The van der Waals surface area contributed by atoms with Gasteiger partial charge in [-0.15, -0.1) is 0 Å². The highest BCUT2D eigenvalue weighted by molar-refractivity contribution is 6.17. The van der Waals surface area contributed by atoms with E-state index in [1.807, 2.05) is 0 Å². The Bertz CT molecular complexity index is 947. The smallest absolute Gasteiger partial charge is 0.256 e. The summed E-state index contributed by atoms with van der Waals surface area (Å²) in [5.74, 6) is 0.411. The Hall–Kier alpha value is -2.86. The van der Waals surface area contributed by atoms with Crippen LogP contribution in [-0.4, -0.2) is 31.1 Å². The number of nitrogens with two attached hydrogens (primary N) is 1. The largest absolute Gasteiger partial charge is 0.497 e. The number of hydrogen-bond donors (Lipinski definition) is 3. The fourth-order valence-corrected chi connectivity index (χ4v) is 2.69. The predicted octanol–water partition coefficient (Wildman–Crippen LogP) is 1.38. The van der Waals surface area contributed by atoms with Gasteiger partial charge in [-0.25, -0.2) is 0 Å². The first-order valence-electron chi connectivity index (χ1n) is 7.26. The lowest BCUT2D eigenvalue weighted by Crippen LogP contribution is -2.29. The Balaban J connectivity index is 2.36. The molecule has 0 spiro atoms. The third kappa shape index (κ3) is 2.64. The lowest BCUT2D eigenvalue weighted by molar-refractivity contribution is 0.0956. The molecular weight excluding hydrogens is 294 g/mol. The molecule has 0 atom stereocenters. The number of ether oxygens (including phenoxy) is 1. The molecule has 0 aliphatic heterocycles. The van der Waals surface area contributed by atoms with Crippen LogP contribution in [-0.2, 0) is 0 Å². The van der Waals surface area contributed by atoms with E-state index in [0.717, 1.165) is 0 Å². The Morgan fingerprint density at radius 3 is 2.83 bits per heavy atom. The van der Waals surface area contributed by atoms with E-state index in [-0.39, 0.29) is 11.5 Å². The number of carbonyl (C=O) groups excluding carboxylic acids is 1. The van der Waals surface area contributed by atoms with E-state index in [1.165, 1.54) is 0 Å². The molecule has 0 radical (unpaired) electrons. The zero-order valence-corrected chi connectivity index (χ0v) is 12.7. The van der Waals surface area contributed by atoms with E-state index >= 15 is 0 Å². The van der Waals surface area contributed by atoms with Crippen molar-refractivity contribution in [3.8, 4) is 5.75 Å². The molecule has 1 heterocycles. The average Bonchev–Trinajstić information content (AvgIpc) is 2.58. The summed E-state index contributed by atoms with van der Waals surface area (Å²) < 4.78 is 5.25. The molecule has 0 unspecified atom stereocenters. The summed E-state index contributed by atoms with van der Waals surface area (Å²) in [4.78, 5) is 27.3. The Kier molecular flexibility index (Phi) is 3.99. The second kappa shape index (κ2) is 6.10. The normalized spacial score (nSPS) is 10.9. The molecule has 6 nitrogen and oxygen atoms in total. The number of benzene rings is 2. The quantitative estimate of drug-likeness (QED) is 0.634. The standard InChI is InChI=1S/C17H17N3O3/c1-23-11-2-3-12-13(9-11)15-10(4-6-19-17(15)22)8-14(12)16(21)20-7-5-18/h2-4,6,8-9H,5,7,18H2,1H3,(H,19,22)(H,20,21). The average molecular weight is 311 g/mol. The van der Waals surface area contributed by atoms with Crippen molar-refractivity contribution in [1.82, 2.24) is 10.3 Å². The van der Waals surface area contributed by atoms with Gasteiger partial charge in [-0.1, -0.05) is 0 Å². The van der Waals surface area contributed by atoms with Crippen LogP contribution in [0.1, 0.15) is 10.4 Å². The highest BCUT2D eigenvalue weighted by Gasteiger charge is 2.15. The maximum Gasteiger partial charge on any atom is 0.256 e. The van der Waals surface area contributed by atoms with Gasteiger partial charge in [0.25, 0.3) is 11.5 Å².